The summed E-state index contributed by atoms with van der Waals surface area (Å²) < 4.78 is 22.5. The second-order valence-corrected chi connectivity index (χ2v) is 7.35. The number of hydrogen-bond donors (Lipinski definition) is 1. The monoisotopic (exact) mass is 459 g/mol. The Morgan fingerprint density at radius 1 is 1.06 bits per heavy atom. The molecular weight excluding hydrogens is 430 g/mol. The number of aryl methyl sites for hydroxylation is 1. The molecule has 0 spiro atoms. The van der Waals surface area contributed by atoms with Gasteiger partial charge in [0.1, 0.15) is 11.5 Å². The van der Waals surface area contributed by atoms with Crippen molar-refractivity contribution in [1.82, 2.24) is 0 Å². The topological polar surface area (TPSA) is 112 Å². The van der Waals surface area contributed by atoms with E-state index in [0.717, 1.165) is 24.3 Å². The Balaban J connectivity index is 1.80. The molecule has 1 saturated heterocycles. The number of nitro groups is 1. The number of nitro benzene ring substituents is 1. The first-order chi connectivity index (χ1) is 15.9. The molecule has 33 heavy (non-hydrogen) atoms. The van der Waals surface area contributed by atoms with Gasteiger partial charge >= 0.3 is 5.69 Å². The molecule has 10 heteroatoms. The van der Waals surface area contributed by atoms with E-state index in [0.29, 0.717) is 43.6 Å². The molecule has 178 valence electrons. The predicted octanol–water partition coefficient (Wildman–Crippen LogP) is 3.55. The van der Waals surface area contributed by atoms with Crippen molar-refractivity contribution in [3.05, 3.63) is 46.0 Å². The van der Waals surface area contributed by atoms with Gasteiger partial charge in [0.15, 0.2) is 12.4 Å². The van der Waals surface area contributed by atoms with E-state index >= 15 is 0 Å². The van der Waals surface area contributed by atoms with Crippen LogP contribution in [-0.4, -0.2) is 57.0 Å². The summed E-state index contributed by atoms with van der Waals surface area (Å²) in [5, 5.41) is 14.0. The quantitative estimate of drug-likeness (QED) is 0.424. The molecule has 1 heterocycles. The third-order valence-electron chi connectivity index (χ3n) is 4.96. The minimum absolute atomic E-state index is 0.0397. The van der Waals surface area contributed by atoms with E-state index in [1.807, 2.05) is 19.9 Å². The van der Waals surface area contributed by atoms with Crippen LogP contribution < -0.4 is 24.4 Å². The first kappa shape index (κ1) is 24.1. The lowest BCUT2D eigenvalue weighted by Gasteiger charge is -2.31. The maximum atomic E-state index is 12.6. The Morgan fingerprint density at radius 2 is 1.76 bits per heavy atom. The molecule has 0 bridgehead atoms. The fourth-order valence-corrected chi connectivity index (χ4v) is 3.46. The smallest absolute Gasteiger partial charge is 0.310 e. The Kier molecular flexibility index (Phi) is 8.31. The number of carbonyl (C=O) groups is 1. The standard InChI is InChI=1S/C23H29N3O7/c1-4-31-20-14-19(25-8-10-30-11-9-25)22(32-5-2)13-17(20)24-23(27)15-33-21-12-16(3)6-7-18(21)26(28)29/h6-7,12-14H,4-5,8-11,15H2,1-3H3,(H,24,27). The van der Waals surface area contributed by atoms with E-state index in [1.54, 1.807) is 19.1 Å². The van der Waals surface area contributed by atoms with Crippen LogP contribution in [0.2, 0.25) is 0 Å². The lowest BCUT2D eigenvalue weighted by Crippen LogP contribution is -2.36. The number of anilines is 2. The Bertz CT molecular complexity index is 990. The molecule has 1 amide bonds. The summed E-state index contributed by atoms with van der Waals surface area (Å²) in [4.78, 5) is 25.5. The van der Waals surface area contributed by atoms with Gasteiger partial charge in [-0.15, -0.1) is 0 Å². The summed E-state index contributed by atoms with van der Waals surface area (Å²) in [6.07, 6.45) is 0. The van der Waals surface area contributed by atoms with E-state index in [-0.39, 0.29) is 11.4 Å². The lowest BCUT2D eigenvalue weighted by molar-refractivity contribution is -0.385. The number of benzene rings is 2. The third kappa shape index (κ3) is 6.26. The van der Waals surface area contributed by atoms with Crippen LogP contribution in [0.1, 0.15) is 19.4 Å². The summed E-state index contributed by atoms with van der Waals surface area (Å²) in [5.74, 6) is 0.678. The summed E-state index contributed by atoms with van der Waals surface area (Å²) in [5.41, 5.74) is 1.89. The van der Waals surface area contributed by atoms with E-state index in [4.69, 9.17) is 18.9 Å². The molecule has 3 rings (SSSR count). The summed E-state index contributed by atoms with van der Waals surface area (Å²) in [6, 6.07) is 8.08. The van der Waals surface area contributed by atoms with E-state index in [1.165, 1.54) is 12.1 Å². The van der Waals surface area contributed by atoms with Gasteiger partial charge in [0.2, 0.25) is 0 Å². The van der Waals surface area contributed by atoms with E-state index < -0.39 is 17.4 Å². The lowest BCUT2D eigenvalue weighted by atomic mass is 10.2. The third-order valence-corrected chi connectivity index (χ3v) is 4.96. The number of morpholine rings is 1. The number of nitrogens with one attached hydrogen (secondary N) is 1. The first-order valence-electron chi connectivity index (χ1n) is 10.9. The number of hydrogen-bond acceptors (Lipinski definition) is 8. The summed E-state index contributed by atoms with van der Waals surface area (Å²) in [7, 11) is 0. The molecule has 0 atom stereocenters. The van der Waals surface area contributed by atoms with Gasteiger partial charge in [-0.2, -0.15) is 0 Å². The molecule has 1 aliphatic rings. The molecule has 0 aliphatic carbocycles. The first-order valence-corrected chi connectivity index (χ1v) is 10.9. The SMILES string of the molecule is CCOc1cc(N2CCOCC2)c(OCC)cc1NC(=O)COc1cc(C)ccc1[N+](=O)[O-]. The molecule has 10 nitrogen and oxygen atoms in total. The van der Waals surface area contributed by atoms with Crippen molar-refractivity contribution in [2.75, 3.05) is 56.3 Å². The number of nitrogens with zero attached hydrogens (tertiary/aromatic N) is 2. The van der Waals surface area contributed by atoms with E-state index in [2.05, 4.69) is 10.2 Å². The van der Waals surface area contributed by atoms with Gasteiger partial charge in [0.05, 0.1) is 42.7 Å². The average Bonchev–Trinajstić information content (AvgIpc) is 2.80. The molecule has 2 aromatic rings. The Labute approximate surface area is 192 Å². The van der Waals surface area contributed by atoms with Gasteiger partial charge in [0, 0.05) is 31.3 Å². The normalized spacial score (nSPS) is 13.4. The van der Waals surface area contributed by atoms with Crippen LogP contribution in [0.15, 0.2) is 30.3 Å². The van der Waals surface area contributed by atoms with Crippen molar-refractivity contribution in [2.45, 2.75) is 20.8 Å². The molecule has 0 unspecified atom stereocenters. The van der Waals surface area contributed by atoms with Gasteiger partial charge in [-0.3, -0.25) is 14.9 Å². The van der Waals surface area contributed by atoms with Gasteiger partial charge in [-0.1, -0.05) is 6.07 Å². The molecule has 0 radical (unpaired) electrons. The zero-order valence-corrected chi connectivity index (χ0v) is 19.1. The van der Waals surface area contributed by atoms with Gasteiger partial charge in [0.25, 0.3) is 5.91 Å². The molecule has 1 N–H and O–H groups in total. The summed E-state index contributed by atoms with van der Waals surface area (Å²) in [6.45, 7) is 8.69. The van der Waals surface area contributed by atoms with Crippen molar-refractivity contribution in [3.63, 3.8) is 0 Å². The predicted molar refractivity (Wildman–Crippen MR) is 124 cm³/mol. The van der Waals surface area contributed by atoms with Gasteiger partial charge < -0.3 is 29.2 Å². The largest absolute Gasteiger partial charge is 0.492 e. The Morgan fingerprint density at radius 3 is 2.42 bits per heavy atom. The Hall–Kier alpha value is -3.53. The molecule has 0 saturated carbocycles. The van der Waals surface area contributed by atoms with Crippen LogP contribution in [0.4, 0.5) is 17.1 Å². The van der Waals surface area contributed by atoms with Crippen molar-refractivity contribution >= 4 is 23.0 Å². The average molecular weight is 459 g/mol. The maximum Gasteiger partial charge on any atom is 0.310 e. The molecule has 1 fully saturated rings. The van der Waals surface area contributed by atoms with Crippen molar-refractivity contribution in [3.8, 4) is 17.2 Å². The van der Waals surface area contributed by atoms with Crippen molar-refractivity contribution in [1.29, 1.82) is 0 Å². The second kappa shape index (κ2) is 11.4. The molecule has 1 aliphatic heterocycles. The summed E-state index contributed by atoms with van der Waals surface area (Å²) >= 11 is 0. The molecule has 2 aromatic carbocycles. The molecule has 0 aromatic heterocycles. The van der Waals surface area contributed by atoms with Crippen LogP contribution >= 0.6 is 0 Å². The number of carbonyl (C=O) groups excluding carboxylic acids is 1. The highest BCUT2D eigenvalue weighted by molar-refractivity contribution is 5.94. The van der Waals surface area contributed by atoms with Crippen LogP contribution in [0.3, 0.4) is 0 Å². The van der Waals surface area contributed by atoms with Gasteiger partial charge in [-0.05, 0) is 32.4 Å². The number of ether oxygens (including phenoxy) is 4. The molecular formula is C23H29N3O7. The highest BCUT2D eigenvalue weighted by atomic mass is 16.6. The minimum Gasteiger partial charge on any atom is -0.492 e. The van der Waals surface area contributed by atoms with Crippen LogP contribution in [0.5, 0.6) is 17.2 Å². The van der Waals surface area contributed by atoms with Crippen LogP contribution in [0.25, 0.3) is 0 Å². The van der Waals surface area contributed by atoms with E-state index in [9.17, 15) is 14.9 Å². The van der Waals surface area contributed by atoms with Crippen LogP contribution in [0, 0.1) is 17.0 Å². The van der Waals surface area contributed by atoms with Gasteiger partial charge in [-0.25, -0.2) is 0 Å². The highest BCUT2D eigenvalue weighted by Gasteiger charge is 2.21. The number of rotatable bonds is 10. The zero-order valence-electron chi connectivity index (χ0n) is 19.1. The zero-order chi connectivity index (χ0) is 23.8. The minimum atomic E-state index is -0.543. The highest BCUT2D eigenvalue weighted by Crippen LogP contribution is 2.39. The fraction of sp³-hybridized carbons (Fsp3) is 0.435. The van der Waals surface area contributed by atoms with Crippen molar-refractivity contribution in [2.24, 2.45) is 0 Å². The number of amides is 1. The van der Waals surface area contributed by atoms with Crippen molar-refractivity contribution < 1.29 is 28.7 Å². The van der Waals surface area contributed by atoms with Crippen LogP contribution in [-0.2, 0) is 9.53 Å². The second-order valence-electron chi connectivity index (χ2n) is 7.35. The maximum absolute atomic E-state index is 12.6. The fourth-order valence-electron chi connectivity index (χ4n) is 3.46.